The fourth-order valence-corrected chi connectivity index (χ4v) is 7.67. The molecule has 6 aliphatic rings. The van der Waals surface area contributed by atoms with Crippen LogP contribution < -0.4 is 0 Å². The van der Waals surface area contributed by atoms with E-state index in [0.717, 1.165) is 52.0 Å². The van der Waals surface area contributed by atoms with E-state index in [1.165, 1.54) is 7.11 Å². The van der Waals surface area contributed by atoms with E-state index in [1.807, 2.05) is 26.8 Å². The van der Waals surface area contributed by atoms with Crippen LogP contribution in [0.15, 0.2) is 99.5 Å². The molecule has 9 nitrogen and oxygen atoms in total. The van der Waals surface area contributed by atoms with E-state index in [1.54, 1.807) is 13.0 Å². The molecule has 0 aromatic heterocycles. The van der Waals surface area contributed by atoms with Crippen LogP contribution in [0.5, 0.6) is 0 Å². The van der Waals surface area contributed by atoms with E-state index in [2.05, 4.69) is 13.8 Å². The monoisotopic (exact) mass is 620 g/mol. The van der Waals surface area contributed by atoms with Crippen LogP contribution in [-0.4, -0.2) is 59.2 Å². The van der Waals surface area contributed by atoms with Gasteiger partial charge < -0.3 is 9.84 Å². The summed E-state index contributed by atoms with van der Waals surface area (Å²) in [7, 11) is 1.39. The van der Waals surface area contributed by atoms with Gasteiger partial charge >= 0.3 is 5.97 Å². The van der Waals surface area contributed by atoms with E-state index in [9.17, 15) is 19.5 Å². The number of aliphatic hydroxyl groups excluding tert-OH is 1. The molecule has 3 unspecified atom stereocenters. The quantitative estimate of drug-likeness (QED) is 0.263. The van der Waals surface area contributed by atoms with Gasteiger partial charge in [0.05, 0.1) is 53.1 Å². The molecule has 238 valence electrons. The number of ether oxygens (including phenoxy) is 1. The molecule has 5 aliphatic heterocycles. The van der Waals surface area contributed by atoms with Crippen LogP contribution in [0.25, 0.3) is 0 Å². The molecule has 0 radical (unpaired) electrons. The molecule has 0 aromatic carbocycles. The van der Waals surface area contributed by atoms with Crippen LogP contribution in [0.4, 0.5) is 0 Å². The zero-order valence-electron chi connectivity index (χ0n) is 27.6. The van der Waals surface area contributed by atoms with Gasteiger partial charge in [0.1, 0.15) is 0 Å². The molecule has 0 spiro atoms. The number of Topliss-reactive ketones (excluding diaryl/α,β-unsaturated/α-hetero) is 1. The summed E-state index contributed by atoms with van der Waals surface area (Å²) in [5.74, 6) is -0.495. The van der Waals surface area contributed by atoms with Gasteiger partial charge in [-0.15, -0.1) is 0 Å². The minimum Gasteiger partial charge on any atom is -0.469 e. The van der Waals surface area contributed by atoms with Gasteiger partial charge in [-0.1, -0.05) is 27.2 Å². The molecular weight excluding hydrogens is 580 g/mol. The maximum atomic E-state index is 13.7. The summed E-state index contributed by atoms with van der Waals surface area (Å²) in [6.07, 6.45) is 6.72. The SMILES string of the molecule is CCCC1=C(C=O)C2=CC3=NC(=C(C)C4=NC(=C5CC(=O)C6=C(CC)C(=CC1=N2)N=C56)C(CCC(=O)OC)C4C)C(C)=C3C(C)O. The second-order valence-corrected chi connectivity index (χ2v) is 12.6. The number of methoxy groups -OCH3 is 1. The van der Waals surface area contributed by atoms with Crippen LogP contribution in [0.1, 0.15) is 80.1 Å². The number of aliphatic hydroxyl groups is 1. The number of hydrogen-bond acceptors (Lipinski definition) is 9. The van der Waals surface area contributed by atoms with Gasteiger partial charge in [0, 0.05) is 52.7 Å². The van der Waals surface area contributed by atoms with Crippen molar-refractivity contribution in [1.29, 1.82) is 0 Å². The summed E-state index contributed by atoms with van der Waals surface area (Å²) >= 11 is 0. The molecule has 8 bridgehead atoms. The fourth-order valence-electron chi connectivity index (χ4n) is 7.67. The van der Waals surface area contributed by atoms with Crippen LogP contribution >= 0.6 is 0 Å². The van der Waals surface area contributed by atoms with E-state index in [4.69, 9.17) is 24.7 Å². The third kappa shape index (κ3) is 4.92. The van der Waals surface area contributed by atoms with Crippen LogP contribution in [0.2, 0.25) is 0 Å². The zero-order valence-corrected chi connectivity index (χ0v) is 27.6. The number of carbonyl (C=O) groups is 3. The fraction of sp³-hybridized carbons (Fsp3) is 0.432. The third-order valence-corrected chi connectivity index (χ3v) is 9.90. The number of hydrogen-bond donors (Lipinski definition) is 1. The first kappa shape index (κ1) is 31.6. The van der Waals surface area contributed by atoms with Crippen molar-refractivity contribution in [3.8, 4) is 0 Å². The second kappa shape index (κ2) is 12.1. The Hall–Kier alpha value is -4.37. The van der Waals surface area contributed by atoms with Crippen molar-refractivity contribution in [3.05, 3.63) is 79.5 Å². The Kier molecular flexibility index (Phi) is 8.31. The Morgan fingerprint density at radius 3 is 2.46 bits per heavy atom. The summed E-state index contributed by atoms with van der Waals surface area (Å²) < 4.78 is 4.98. The van der Waals surface area contributed by atoms with Crippen molar-refractivity contribution in [2.45, 2.75) is 86.2 Å². The molecule has 0 amide bonds. The van der Waals surface area contributed by atoms with Gasteiger partial charge in [-0.05, 0) is 74.5 Å². The van der Waals surface area contributed by atoms with Crippen molar-refractivity contribution in [2.75, 3.05) is 7.11 Å². The Morgan fingerprint density at radius 1 is 1.07 bits per heavy atom. The van der Waals surface area contributed by atoms with E-state index in [-0.39, 0.29) is 36.4 Å². The normalized spacial score (nSPS) is 24.5. The summed E-state index contributed by atoms with van der Waals surface area (Å²) in [5.41, 5.74) is 11.3. The largest absolute Gasteiger partial charge is 0.469 e. The van der Waals surface area contributed by atoms with Gasteiger partial charge in [0.15, 0.2) is 12.1 Å². The Morgan fingerprint density at radius 2 is 1.80 bits per heavy atom. The second-order valence-electron chi connectivity index (χ2n) is 12.6. The molecule has 1 N–H and O–H groups in total. The highest BCUT2D eigenvalue weighted by Crippen LogP contribution is 2.46. The van der Waals surface area contributed by atoms with E-state index in [0.29, 0.717) is 70.2 Å². The first-order valence-electron chi connectivity index (χ1n) is 16.2. The van der Waals surface area contributed by atoms with E-state index < -0.39 is 6.10 Å². The molecule has 0 aromatic rings. The number of fused-ring (bicyclic) bond motifs is 4. The molecule has 1 saturated carbocycles. The van der Waals surface area contributed by atoms with Crippen LogP contribution in [-0.2, 0) is 19.1 Å². The predicted molar refractivity (Wildman–Crippen MR) is 179 cm³/mol. The average molecular weight is 621 g/mol. The predicted octanol–water partition coefficient (Wildman–Crippen LogP) is 5.99. The summed E-state index contributed by atoms with van der Waals surface area (Å²) in [5, 5.41) is 10.9. The number of allylic oxidation sites excluding steroid dienone is 10. The molecule has 6 rings (SSSR count). The smallest absolute Gasteiger partial charge is 0.305 e. The standard InChI is InChI=1S/C37H40N4O5/c1-8-10-23-25(16-42)28-15-29-32(20(6)43)18(4)35(40-29)19(5)34-17(3)22(11-12-31(45)46-7)36(41-34)24-13-30(44)33-21(9-2)26(39-37(24)33)14-27(23)38-28/h14-17,20,22,43H,8-13H2,1-7H3. The topological polar surface area (TPSA) is 130 Å². The first-order chi connectivity index (χ1) is 22.0. The van der Waals surface area contributed by atoms with Crippen molar-refractivity contribution in [1.82, 2.24) is 0 Å². The minimum absolute atomic E-state index is 0.0120. The highest BCUT2D eigenvalue weighted by Gasteiger charge is 2.43. The number of aldehydes is 1. The number of nitrogens with zero attached hydrogens (tertiary/aromatic N) is 4. The molecule has 0 saturated heterocycles. The molecule has 46 heavy (non-hydrogen) atoms. The van der Waals surface area contributed by atoms with Gasteiger partial charge in [-0.2, -0.15) is 0 Å². The van der Waals surface area contributed by atoms with Crippen molar-refractivity contribution in [2.24, 2.45) is 31.8 Å². The average Bonchev–Trinajstić information content (AvgIpc) is 3.80. The van der Waals surface area contributed by atoms with Gasteiger partial charge in [0.2, 0.25) is 0 Å². The highest BCUT2D eigenvalue weighted by molar-refractivity contribution is 6.38. The number of ketones is 1. The molecule has 1 fully saturated rings. The van der Waals surface area contributed by atoms with Crippen molar-refractivity contribution >= 4 is 40.9 Å². The van der Waals surface area contributed by atoms with Crippen molar-refractivity contribution in [3.63, 3.8) is 0 Å². The maximum Gasteiger partial charge on any atom is 0.305 e. The van der Waals surface area contributed by atoms with Gasteiger partial charge in [-0.3, -0.25) is 19.4 Å². The number of esters is 1. The first-order valence-corrected chi connectivity index (χ1v) is 16.2. The Balaban J connectivity index is 1.68. The Bertz CT molecular complexity index is 1850. The molecule has 1 aliphatic carbocycles. The Labute approximate surface area is 269 Å². The lowest BCUT2D eigenvalue weighted by atomic mass is 9.83. The third-order valence-electron chi connectivity index (χ3n) is 9.90. The van der Waals surface area contributed by atoms with Crippen LogP contribution in [0.3, 0.4) is 0 Å². The molecule has 9 heteroatoms. The maximum absolute atomic E-state index is 13.7. The number of carbonyl (C=O) groups excluding carboxylic acids is 3. The zero-order chi connectivity index (χ0) is 33.0. The highest BCUT2D eigenvalue weighted by atomic mass is 16.5. The van der Waals surface area contributed by atoms with Gasteiger partial charge in [0.25, 0.3) is 0 Å². The lowest BCUT2D eigenvalue weighted by molar-refractivity contribution is -0.140. The van der Waals surface area contributed by atoms with Crippen molar-refractivity contribution < 1.29 is 24.2 Å². The molecule has 3 atom stereocenters. The summed E-state index contributed by atoms with van der Waals surface area (Å²) in [6, 6.07) is 0. The lowest BCUT2D eigenvalue weighted by Crippen LogP contribution is -2.19. The van der Waals surface area contributed by atoms with E-state index >= 15 is 0 Å². The summed E-state index contributed by atoms with van der Waals surface area (Å²) in [6.45, 7) is 11.8. The molecular formula is C37H40N4O5. The lowest BCUT2D eigenvalue weighted by Gasteiger charge is -2.19. The number of aliphatic imine (C=N–C) groups is 4. The summed E-state index contributed by atoms with van der Waals surface area (Å²) in [4.78, 5) is 58.8. The molecule has 5 heterocycles. The number of rotatable bonds is 8. The minimum atomic E-state index is -0.812. The van der Waals surface area contributed by atoms with Gasteiger partial charge in [-0.25, -0.2) is 15.0 Å². The van der Waals surface area contributed by atoms with Crippen LogP contribution in [0, 0.1) is 11.8 Å².